The molecule has 1 aliphatic rings. The quantitative estimate of drug-likeness (QED) is 0.628. The van der Waals surface area contributed by atoms with E-state index in [9.17, 15) is 4.79 Å². The smallest absolute Gasteiger partial charge is 0.257 e. The number of methoxy groups -OCH3 is 1. The van der Waals surface area contributed by atoms with Crippen molar-refractivity contribution in [3.8, 4) is 5.75 Å². The first kappa shape index (κ1) is 18.9. The third kappa shape index (κ3) is 5.31. The van der Waals surface area contributed by atoms with E-state index < -0.39 is 0 Å². The van der Waals surface area contributed by atoms with Gasteiger partial charge in [-0.15, -0.1) is 0 Å². The summed E-state index contributed by atoms with van der Waals surface area (Å²) in [6, 6.07) is 14.9. The van der Waals surface area contributed by atoms with Crippen LogP contribution in [0.25, 0.3) is 0 Å². The van der Waals surface area contributed by atoms with Crippen LogP contribution in [-0.2, 0) is 4.74 Å². The van der Waals surface area contributed by atoms with Gasteiger partial charge in [0.15, 0.2) is 0 Å². The second kappa shape index (κ2) is 9.19. The van der Waals surface area contributed by atoms with Crippen molar-refractivity contribution in [3.63, 3.8) is 0 Å². The van der Waals surface area contributed by atoms with E-state index in [2.05, 4.69) is 15.6 Å². The van der Waals surface area contributed by atoms with Crippen LogP contribution in [0, 0.1) is 6.92 Å². The van der Waals surface area contributed by atoms with E-state index in [1.54, 1.807) is 13.2 Å². The third-order valence-corrected chi connectivity index (χ3v) is 4.35. The maximum Gasteiger partial charge on any atom is 0.257 e. The molecule has 0 aromatic heterocycles. The van der Waals surface area contributed by atoms with Gasteiger partial charge in [-0.3, -0.25) is 10.1 Å². The Morgan fingerprint density at radius 1 is 1.26 bits per heavy atom. The normalized spacial score (nSPS) is 16.8. The van der Waals surface area contributed by atoms with E-state index in [1.807, 2.05) is 49.4 Å². The third-order valence-electron chi connectivity index (χ3n) is 4.35. The minimum Gasteiger partial charge on any atom is -0.495 e. The van der Waals surface area contributed by atoms with Gasteiger partial charge in [-0.2, -0.15) is 0 Å². The van der Waals surface area contributed by atoms with Crippen LogP contribution in [0.3, 0.4) is 0 Å². The number of carbonyl (C=O) groups is 1. The van der Waals surface area contributed by atoms with Crippen molar-refractivity contribution in [1.82, 2.24) is 5.32 Å². The minimum atomic E-state index is -0.216. The van der Waals surface area contributed by atoms with Gasteiger partial charge in [0.05, 0.1) is 25.4 Å². The highest BCUT2D eigenvalue weighted by atomic mass is 16.5. The summed E-state index contributed by atoms with van der Waals surface area (Å²) in [6.45, 7) is 3.22. The molecular weight excluding hydrogens is 342 g/mol. The van der Waals surface area contributed by atoms with Crippen LogP contribution in [0.2, 0.25) is 0 Å². The van der Waals surface area contributed by atoms with Gasteiger partial charge in [0.1, 0.15) is 5.75 Å². The number of guanidine groups is 1. The average molecular weight is 367 g/mol. The van der Waals surface area contributed by atoms with E-state index in [1.165, 1.54) is 0 Å². The van der Waals surface area contributed by atoms with Crippen molar-refractivity contribution in [2.45, 2.75) is 25.9 Å². The van der Waals surface area contributed by atoms with Crippen LogP contribution < -0.4 is 15.4 Å². The Hall–Kier alpha value is -2.86. The number of aryl methyl sites for hydroxylation is 1. The van der Waals surface area contributed by atoms with Gasteiger partial charge >= 0.3 is 0 Å². The number of benzene rings is 2. The van der Waals surface area contributed by atoms with Gasteiger partial charge in [0.25, 0.3) is 5.91 Å². The molecule has 6 nitrogen and oxygen atoms in total. The molecule has 1 heterocycles. The summed E-state index contributed by atoms with van der Waals surface area (Å²) in [5, 5.41) is 6.05. The topological polar surface area (TPSA) is 71.9 Å². The molecule has 6 heteroatoms. The van der Waals surface area contributed by atoms with E-state index in [-0.39, 0.29) is 12.0 Å². The first-order valence-electron chi connectivity index (χ1n) is 9.10. The summed E-state index contributed by atoms with van der Waals surface area (Å²) in [5.41, 5.74) is 2.34. The van der Waals surface area contributed by atoms with Gasteiger partial charge in [0.2, 0.25) is 5.96 Å². The van der Waals surface area contributed by atoms with E-state index in [0.717, 1.165) is 30.7 Å². The molecule has 1 saturated heterocycles. The van der Waals surface area contributed by atoms with E-state index in [4.69, 9.17) is 9.47 Å². The van der Waals surface area contributed by atoms with Crippen LogP contribution in [0.4, 0.5) is 5.69 Å². The lowest BCUT2D eigenvalue weighted by Gasteiger charge is -2.15. The Morgan fingerprint density at radius 3 is 2.85 bits per heavy atom. The number of aliphatic imine (C=N–C) groups is 1. The molecule has 3 rings (SSSR count). The fourth-order valence-corrected chi connectivity index (χ4v) is 2.93. The lowest BCUT2D eigenvalue weighted by atomic mass is 10.1. The summed E-state index contributed by atoms with van der Waals surface area (Å²) >= 11 is 0. The van der Waals surface area contributed by atoms with Crippen LogP contribution in [0.5, 0.6) is 5.75 Å². The summed E-state index contributed by atoms with van der Waals surface area (Å²) < 4.78 is 11.0. The standard InChI is InChI=1S/C21H25N3O3/c1-15-7-5-8-16(13-15)20(25)24-21(22-14-17-9-6-12-27-17)23-18-10-3-4-11-19(18)26-2/h3-5,7-8,10-11,13,17H,6,9,12,14H2,1-2H3,(H2,22,23,24,25)/t17-/m1/s1. The minimum absolute atomic E-state index is 0.0929. The monoisotopic (exact) mass is 367 g/mol. The molecule has 1 amide bonds. The maximum absolute atomic E-state index is 12.7. The van der Waals surface area contributed by atoms with Gasteiger partial charge in [0, 0.05) is 12.2 Å². The molecule has 0 aliphatic carbocycles. The highest BCUT2D eigenvalue weighted by Gasteiger charge is 2.16. The van der Waals surface area contributed by atoms with Crippen molar-refractivity contribution in [1.29, 1.82) is 0 Å². The number of nitrogens with zero attached hydrogens (tertiary/aromatic N) is 1. The zero-order valence-corrected chi connectivity index (χ0v) is 15.7. The van der Waals surface area contributed by atoms with Crippen molar-refractivity contribution < 1.29 is 14.3 Å². The molecule has 0 unspecified atom stereocenters. The van der Waals surface area contributed by atoms with Crippen LogP contribution in [0.15, 0.2) is 53.5 Å². The predicted octanol–water partition coefficient (Wildman–Crippen LogP) is 3.38. The average Bonchev–Trinajstić information content (AvgIpc) is 3.20. The fraction of sp³-hybridized carbons (Fsp3) is 0.333. The number of nitrogens with one attached hydrogen (secondary N) is 2. The zero-order valence-electron chi connectivity index (χ0n) is 15.7. The summed E-state index contributed by atoms with van der Waals surface area (Å²) in [4.78, 5) is 17.2. The summed E-state index contributed by atoms with van der Waals surface area (Å²) in [7, 11) is 1.61. The van der Waals surface area contributed by atoms with Crippen molar-refractivity contribution >= 4 is 17.6 Å². The molecule has 2 N–H and O–H groups in total. The largest absolute Gasteiger partial charge is 0.495 e. The lowest BCUT2D eigenvalue weighted by molar-refractivity contribution is 0.0975. The zero-order chi connectivity index (χ0) is 19.1. The van der Waals surface area contributed by atoms with Crippen molar-refractivity contribution in [3.05, 3.63) is 59.7 Å². The van der Waals surface area contributed by atoms with Gasteiger partial charge in [-0.05, 0) is 44.0 Å². The Morgan fingerprint density at radius 2 is 2.11 bits per heavy atom. The molecule has 0 radical (unpaired) electrons. The summed E-state index contributed by atoms with van der Waals surface area (Å²) in [6.07, 6.45) is 2.12. The highest BCUT2D eigenvalue weighted by Crippen LogP contribution is 2.23. The molecular formula is C21H25N3O3. The molecule has 142 valence electrons. The van der Waals surface area contributed by atoms with Crippen LogP contribution in [0.1, 0.15) is 28.8 Å². The molecule has 27 heavy (non-hydrogen) atoms. The molecule has 2 aromatic carbocycles. The number of amides is 1. The molecule has 0 bridgehead atoms. The number of anilines is 1. The molecule has 1 fully saturated rings. The van der Waals surface area contributed by atoms with Gasteiger partial charge in [-0.25, -0.2) is 4.99 Å². The van der Waals surface area contributed by atoms with Gasteiger partial charge < -0.3 is 14.8 Å². The first-order chi connectivity index (χ1) is 13.2. The molecule has 1 aliphatic heterocycles. The van der Waals surface area contributed by atoms with Gasteiger partial charge in [-0.1, -0.05) is 29.8 Å². The SMILES string of the molecule is COc1ccccc1NC(=NC[C@H]1CCCO1)NC(=O)c1cccc(C)c1. The highest BCUT2D eigenvalue weighted by molar-refractivity contribution is 6.10. The van der Waals surface area contributed by atoms with Crippen molar-refractivity contribution in [2.24, 2.45) is 4.99 Å². The van der Waals surface area contributed by atoms with E-state index in [0.29, 0.717) is 23.8 Å². The Bertz CT molecular complexity index is 814. The Balaban J connectivity index is 1.78. The first-order valence-corrected chi connectivity index (χ1v) is 9.10. The molecule has 1 atom stereocenters. The number of carbonyl (C=O) groups excluding carboxylic acids is 1. The second-order valence-electron chi connectivity index (χ2n) is 6.47. The molecule has 0 saturated carbocycles. The van der Waals surface area contributed by atoms with Crippen molar-refractivity contribution in [2.75, 3.05) is 25.6 Å². The number of hydrogen-bond donors (Lipinski definition) is 2. The number of para-hydroxylation sites is 2. The lowest BCUT2D eigenvalue weighted by Crippen LogP contribution is -2.36. The predicted molar refractivity (Wildman–Crippen MR) is 107 cm³/mol. The number of ether oxygens (including phenoxy) is 2. The molecule has 2 aromatic rings. The van der Waals surface area contributed by atoms with Crippen LogP contribution in [-0.4, -0.2) is 38.2 Å². The maximum atomic E-state index is 12.7. The van der Waals surface area contributed by atoms with Crippen LogP contribution >= 0.6 is 0 Å². The number of rotatable bonds is 5. The second-order valence-corrected chi connectivity index (χ2v) is 6.47. The Kier molecular flexibility index (Phi) is 6.44. The van der Waals surface area contributed by atoms with E-state index >= 15 is 0 Å². The Labute approximate surface area is 159 Å². The summed E-state index contributed by atoms with van der Waals surface area (Å²) in [5.74, 6) is 0.834. The number of hydrogen-bond acceptors (Lipinski definition) is 4. The molecule has 0 spiro atoms. The fourth-order valence-electron chi connectivity index (χ4n) is 2.93.